The van der Waals surface area contributed by atoms with Crippen LogP contribution in [0.4, 0.5) is 0 Å². The van der Waals surface area contributed by atoms with E-state index in [9.17, 15) is 13.2 Å². The number of benzene rings is 1. The predicted molar refractivity (Wildman–Crippen MR) is 82.1 cm³/mol. The Kier molecular flexibility index (Phi) is 5.89. The minimum absolute atomic E-state index is 0.0105. The standard InChI is InChI=1S/C15H23NO3S/c1-12(2)13-5-7-14(8-6-13)15(17)11-16(3)9-10-20(4,18)19/h5-8,12H,9-11H2,1-4H3. The summed E-state index contributed by atoms with van der Waals surface area (Å²) >= 11 is 0. The maximum atomic E-state index is 12.1. The highest BCUT2D eigenvalue weighted by atomic mass is 32.2. The third kappa shape index (κ3) is 5.84. The number of hydrogen-bond donors (Lipinski definition) is 0. The average Bonchev–Trinajstić information content (AvgIpc) is 2.35. The van der Waals surface area contributed by atoms with Gasteiger partial charge in [-0.25, -0.2) is 8.42 Å². The summed E-state index contributed by atoms with van der Waals surface area (Å²) in [5, 5.41) is 0. The molecule has 0 aromatic heterocycles. The first kappa shape index (κ1) is 16.9. The molecule has 20 heavy (non-hydrogen) atoms. The van der Waals surface area contributed by atoms with Crippen molar-refractivity contribution in [3.05, 3.63) is 35.4 Å². The minimum atomic E-state index is -2.99. The van der Waals surface area contributed by atoms with E-state index >= 15 is 0 Å². The summed E-state index contributed by atoms with van der Waals surface area (Å²) in [5.41, 5.74) is 1.87. The van der Waals surface area contributed by atoms with E-state index in [-0.39, 0.29) is 18.1 Å². The van der Waals surface area contributed by atoms with Crippen LogP contribution in [0, 0.1) is 0 Å². The molecule has 5 heteroatoms. The molecule has 0 saturated carbocycles. The first-order valence-electron chi connectivity index (χ1n) is 6.68. The van der Waals surface area contributed by atoms with Gasteiger partial charge in [0, 0.05) is 18.4 Å². The van der Waals surface area contributed by atoms with Crippen LogP contribution in [0.2, 0.25) is 0 Å². The molecule has 0 N–H and O–H groups in total. The molecule has 0 bridgehead atoms. The number of nitrogens with zero attached hydrogens (tertiary/aromatic N) is 1. The second kappa shape index (κ2) is 6.99. The molecule has 0 aliphatic heterocycles. The van der Waals surface area contributed by atoms with E-state index in [1.807, 2.05) is 24.3 Å². The van der Waals surface area contributed by atoms with Crippen LogP contribution < -0.4 is 0 Å². The molecule has 0 amide bonds. The zero-order chi connectivity index (χ0) is 15.3. The maximum absolute atomic E-state index is 12.1. The van der Waals surface area contributed by atoms with Crippen LogP contribution >= 0.6 is 0 Å². The number of carbonyl (C=O) groups is 1. The van der Waals surface area contributed by atoms with Gasteiger partial charge in [0.2, 0.25) is 0 Å². The Hall–Kier alpha value is -1.20. The SMILES string of the molecule is CC(C)c1ccc(C(=O)CN(C)CCS(C)(=O)=O)cc1. The normalized spacial score (nSPS) is 12.1. The van der Waals surface area contributed by atoms with Gasteiger partial charge in [-0.3, -0.25) is 9.69 Å². The molecular formula is C15H23NO3S. The van der Waals surface area contributed by atoms with Crippen molar-refractivity contribution in [3.63, 3.8) is 0 Å². The van der Waals surface area contributed by atoms with Crippen LogP contribution in [0.5, 0.6) is 0 Å². The Labute approximate surface area is 121 Å². The number of carbonyl (C=O) groups excluding carboxylic acids is 1. The van der Waals surface area contributed by atoms with Crippen molar-refractivity contribution >= 4 is 15.6 Å². The van der Waals surface area contributed by atoms with Crippen molar-refractivity contribution in [2.45, 2.75) is 19.8 Å². The van der Waals surface area contributed by atoms with Crippen LogP contribution in [0.15, 0.2) is 24.3 Å². The molecule has 1 aromatic carbocycles. The van der Waals surface area contributed by atoms with Gasteiger partial charge in [0.05, 0.1) is 12.3 Å². The first-order valence-corrected chi connectivity index (χ1v) is 8.74. The highest BCUT2D eigenvalue weighted by Gasteiger charge is 2.11. The number of likely N-dealkylation sites (N-methyl/N-ethyl adjacent to an activating group) is 1. The van der Waals surface area contributed by atoms with E-state index in [0.29, 0.717) is 18.0 Å². The summed E-state index contributed by atoms with van der Waals surface area (Å²) in [6.07, 6.45) is 1.20. The second-order valence-electron chi connectivity index (χ2n) is 5.57. The Balaban J connectivity index is 2.58. The highest BCUT2D eigenvalue weighted by molar-refractivity contribution is 7.90. The van der Waals surface area contributed by atoms with E-state index in [1.54, 1.807) is 11.9 Å². The zero-order valence-electron chi connectivity index (χ0n) is 12.6. The van der Waals surface area contributed by atoms with Crippen molar-refractivity contribution < 1.29 is 13.2 Å². The molecule has 1 rings (SSSR count). The highest BCUT2D eigenvalue weighted by Crippen LogP contribution is 2.15. The van der Waals surface area contributed by atoms with Crippen LogP contribution in [0.3, 0.4) is 0 Å². The average molecular weight is 297 g/mol. The van der Waals surface area contributed by atoms with Gasteiger partial charge >= 0.3 is 0 Å². The van der Waals surface area contributed by atoms with Crippen molar-refractivity contribution in [1.82, 2.24) is 4.90 Å². The topological polar surface area (TPSA) is 54.5 Å². The third-order valence-corrected chi connectivity index (χ3v) is 4.08. The summed E-state index contributed by atoms with van der Waals surface area (Å²) in [7, 11) is -1.23. The fourth-order valence-electron chi connectivity index (χ4n) is 1.79. The third-order valence-electron chi connectivity index (χ3n) is 3.16. The Morgan fingerprint density at radius 2 is 1.75 bits per heavy atom. The van der Waals surface area contributed by atoms with Crippen LogP contribution in [-0.4, -0.2) is 51.2 Å². The molecule has 0 unspecified atom stereocenters. The Morgan fingerprint density at radius 1 is 1.20 bits per heavy atom. The monoisotopic (exact) mass is 297 g/mol. The number of ketones is 1. The van der Waals surface area contributed by atoms with Gasteiger partial charge in [0.25, 0.3) is 0 Å². The van der Waals surface area contributed by atoms with Gasteiger partial charge in [-0.15, -0.1) is 0 Å². The lowest BCUT2D eigenvalue weighted by molar-refractivity contribution is 0.0949. The van der Waals surface area contributed by atoms with Gasteiger partial charge < -0.3 is 0 Å². The summed E-state index contributed by atoms with van der Waals surface area (Å²) < 4.78 is 22.2. The molecular weight excluding hydrogens is 274 g/mol. The minimum Gasteiger partial charge on any atom is -0.298 e. The lowest BCUT2D eigenvalue weighted by Gasteiger charge is -2.15. The second-order valence-corrected chi connectivity index (χ2v) is 7.83. The largest absolute Gasteiger partial charge is 0.298 e. The molecule has 0 heterocycles. The number of hydrogen-bond acceptors (Lipinski definition) is 4. The summed E-state index contributed by atoms with van der Waals surface area (Å²) in [4.78, 5) is 13.8. The molecule has 0 spiro atoms. The van der Waals surface area contributed by atoms with E-state index in [1.165, 1.54) is 11.8 Å². The van der Waals surface area contributed by atoms with Gasteiger partial charge in [-0.05, 0) is 18.5 Å². The van der Waals surface area contributed by atoms with Gasteiger partial charge in [0.15, 0.2) is 5.78 Å². The van der Waals surface area contributed by atoms with Crippen molar-refractivity contribution in [3.8, 4) is 0 Å². The quantitative estimate of drug-likeness (QED) is 0.722. The first-order chi connectivity index (χ1) is 9.19. The summed E-state index contributed by atoms with van der Waals surface area (Å²) in [6, 6.07) is 7.60. The fourth-order valence-corrected chi connectivity index (χ4v) is 2.43. The number of sulfone groups is 1. The van der Waals surface area contributed by atoms with Gasteiger partial charge in [-0.1, -0.05) is 38.1 Å². The van der Waals surface area contributed by atoms with Crippen molar-refractivity contribution in [1.29, 1.82) is 0 Å². The van der Waals surface area contributed by atoms with Crippen LogP contribution in [-0.2, 0) is 9.84 Å². The zero-order valence-corrected chi connectivity index (χ0v) is 13.4. The number of rotatable bonds is 7. The molecule has 0 atom stereocenters. The van der Waals surface area contributed by atoms with Crippen molar-refractivity contribution in [2.75, 3.05) is 32.1 Å². The van der Waals surface area contributed by atoms with Gasteiger partial charge in [-0.2, -0.15) is 0 Å². The molecule has 0 fully saturated rings. The fraction of sp³-hybridized carbons (Fsp3) is 0.533. The number of Topliss-reactive ketones (excluding diaryl/α,β-unsaturated/α-hetero) is 1. The van der Waals surface area contributed by atoms with E-state index in [4.69, 9.17) is 0 Å². The maximum Gasteiger partial charge on any atom is 0.176 e. The van der Waals surface area contributed by atoms with Gasteiger partial charge in [0.1, 0.15) is 9.84 Å². The molecule has 0 radical (unpaired) electrons. The van der Waals surface area contributed by atoms with Crippen molar-refractivity contribution in [2.24, 2.45) is 0 Å². The van der Waals surface area contributed by atoms with Crippen LogP contribution in [0.25, 0.3) is 0 Å². The van der Waals surface area contributed by atoms with Crippen LogP contribution in [0.1, 0.15) is 35.7 Å². The van der Waals surface area contributed by atoms with E-state index < -0.39 is 9.84 Å². The Morgan fingerprint density at radius 3 is 2.20 bits per heavy atom. The molecule has 1 aromatic rings. The molecule has 0 aliphatic carbocycles. The molecule has 4 nitrogen and oxygen atoms in total. The summed E-state index contributed by atoms with van der Waals surface area (Å²) in [6.45, 7) is 4.82. The van der Waals surface area contributed by atoms with E-state index in [0.717, 1.165) is 0 Å². The Bertz CT molecular complexity index is 547. The lowest BCUT2D eigenvalue weighted by Crippen LogP contribution is -2.30. The predicted octanol–water partition coefficient (Wildman–Crippen LogP) is 1.97. The summed E-state index contributed by atoms with van der Waals surface area (Å²) in [5.74, 6) is 0.524. The smallest absolute Gasteiger partial charge is 0.176 e. The lowest BCUT2D eigenvalue weighted by atomic mass is 10.0. The molecule has 0 saturated heterocycles. The molecule has 0 aliphatic rings. The molecule has 112 valence electrons. The van der Waals surface area contributed by atoms with E-state index in [2.05, 4.69) is 13.8 Å².